The van der Waals surface area contributed by atoms with Crippen LogP contribution in [-0.4, -0.2) is 23.1 Å². The molecule has 2 aromatic heterocycles. The largest absolute Gasteiger partial charge is 0.356 e. The van der Waals surface area contributed by atoms with Gasteiger partial charge in [-0.25, -0.2) is 4.98 Å². The van der Waals surface area contributed by atoms with Crippen molar-refractivity contribution in [1.82, 2.24) is 9.97 Å². The molecular formula is C17H22ClN3S. The topological polar surface area (TPSA) is 29.0 Å². The van der Waals surface area contributed by atoms with Crippen molar-refractivity contribution >= 4 is 39.0 Å². The van der Waals surface area contributed by atoms with Crippen LogP contribution in [0, 0.1) is 11.8 Å². The maximum atomic E-state index is 6.22. The number of rotatable bonds is 1. The number of fused-ring (bicyclic) bond motifs is 3. The van der Waals surface area contributed by atoms with Crippen LogP contribution < -0.4 is 4.90 Å². The van der Waals surface area contributed by atoms with Gasteiger partial charge in [-0.2, -0.15) is 4.98 Å². The highest BCUT2D eigenvalue weighted by atomic mass is 35.5. The van der Waals surface area contributed by atoms with E-state index in [4.69, 9.17) is 11.6 Å². The standard InChI is InChI=1S/C17H22ClN3S/c1-10-5-7-21(8-6-10)15-14-12-4-3-11(2)9-13(12)22-16(14)20-17(18)19-15/h10-11H,3-9H2,1-2H3. The number of piperidine rings is 1. The molecule has 1 saturated heterocycles. The molecule has 118 valence electrons. The summed E-state index contributed by atoms with van der Waals surface area (Å²) in [5.74, 6) is 2.69. The van der Waals surface area contributed by atoms with Crippen LogP contribution in [0.3, 0.4) is 0 Å². The molecule has 0 aromatic carbocycles. The first kappa shape index (κ1) is 14.7. The Kier molecular flexibility index (Phi) is 3.77. The second-order valence-corrected chi connectivity index (χ2v) is 8.44. The summed E-state index contributed by atoms with van der Waals surface area (Å²) in [4.78, 5) is 14.2. The zero-order valence-corrected chi connectivity index (χ0v) is 14.8. The predicted octanol–water partition coefficient (Wildman–Crippen LogP) is 4.71. The SMILES string of the molecule is CC1CCN(c2nc(Cl)nc3sc4c(c23)CCC(C)C4)CC1. The molecule has 1 aliphatic heterocycles. The molecule has 0 saturated carbocycles. The molecule has 0 spiro atoms. The summed E-state index contributed by atoms with van der Waals surface area (Å²) >= 11 is 8.06. The molecule has 3 nitrogen and oxygen atoms in total. The van der Waals surface area contributed by atoms with Crippen molar-refractivity contribution in [3.63, 3.8) is 0 Å². The molecule has 0 bridgehead atoms. The summed E-state index contributed by atoms with van der Waals surface area (Å²) in [6, 6.07) is 0. The van der Waals surface area contributed by atoms with Crippen LogP contribution in [0.5, 0.6) is 0 Å². The third-order valence-electron chi connectivity index (χ3n) is 5.19. The summed E-state index contributed by atoms with van der Waals surface area (Å²) in [7, 11) is 0. The molecule has 0 radical (unpaired) electrons. The summed E-state index contributed by atoms with van der Waals surface area (Å²) in [5, 5.41) is 1.69. The maximum Gasteiger partial charge on any atom is 0.225 e. The van der Waals surface area contributed by atoms with Crippen molar-refractivity contribution in [3.8, 4) is 0 Å². The number of hydrogen-bond acceptors (Lipinski definition) is 4. The van der Waals surface area contributed by atoms with Gasteiger partial charge < -0.3 is 4.90 Å². The van der Waals surface area contributed by atoms with E-state index in [0.717, 1.165) is 35.6 Å². The first-order valence-electron chi connectivity index (χ1n) is 8.34. The van der Waals surface area contributed by atoms with Crippen molar-refractivity contribution in [2.24, 2.45) is 11.8 Å². The molecule has 2 aliphatic rings. The Labute approximate surface area is 140 Å². The molecule has 2 aromatic rings. The second kappa shape index (κ2) is 5.64. The third kappa shape index (κ3) is 2.50. The zero-order chi connectivity index (χ0) is 15.3. The van der Waals surface area contributed by atoms with Gasteiger partial charge in [0.1, 0.15) is 10.6 Å². The molecule has 4 rings (SSSR count). The van der Waals surface area contributed by atoms with E-state index in [1.165, 1.54) is 47.9 Å². The fourth-order valence-electron chi connectivity index (χ4n) is 3.75. The number of thiophene rings is 1. The van der Waals surface area contributed by atoms with Crippen molar-refractivity contribution in [1.29, 1.82) is 0 Å². The Balaban J connectivity index is 1.83. The molecule has 0 N–H and O–H groups in total. The Bertz CT molecular complexity index is 703. The lowest BCUT2D eigenvalue weighted by Gasteiger charge is -2.32. The molecular weight excluding hydrogens is 314 g/mol. The van der Waals surface area contributed by atoms with Gasteiger partial charge in [-0.1, -0.05) is 13.8 Å². The van der Waals surface area contributed by atoms with Crippen LogP contribution in [-0.2, 0) is 12.8 Å². The normalized spacial score (nSPS) is 23.0. The minimum Gasteiger partial charge on any atom is -0.356 e. The van der Waals surface area contributed by atoms with E-state index < -0.39 is 0 Å². The Morgan fingerprint density at radius 2 is 1.86 bits per heavy atom. The van der Waals surface area contributed by atoms with Crippen LogP contribution >= 0.6 is 22.9 Å². The van der Waals surface area contributed by atoms with Gasteiger partial charge >= 0.3 is 0 Å². The molecule has 5 heteroatoms. The van der Waals surface area contributed by atoms with Crippen LogP contribution in [0.25, 0.3) is 10.2 Å². The van der Waals surface area contributed by atoms with E-state index in [-0.39, 0.29) is 0 Å². The lowest BCUT2D eigenvalue weighted by Crippen LogP contribution is -2.33. The van der Waals surface area contributed by atoms with E-state index >= 15 is 0 Å². The minimum atomic E-state index is 0.396. The third-order valence-corrected chi connectivity index (χ3v) is 6.51. The minimum absolute atomic E-state index is 0.396. The van der Waals surface area contributed by atoms with Gasteiger partial charge in [0, 0.05) is 18.0 Å². The highest BCUT2D eigenvalue weighted by Crippen LogP contribution is 2.42. The van der Waals surface area contributed by atoms with Gasteiger partial charge in [0.2, 0.25) is 5.28 Å². The van der Waals surface area contributed by atoms with Crippen LogP contribution in [0.1, 0.15) is 43.6 Å². The van der Waals surface area contributed by atoms with Crippen molar-refractivity contribution in [2.75, 3.05) is 18.0 Å². The lowest BCUT2D eigenvalue weighted by molar-refractivity contribution is 0.437. The summed E-state index contributed by atoms with van der Waals surface area (Å²) < 4.78 is 0. The first-order valence-corrected chi connectivity index (χ1v) is 9.54. The monoisotopic (exact) mass is 335 g/mol. The van der Waals surface area contributed by atoms with Crippen LogP contribution in [0.4, 0.5) is 5.82 Å². The summed E-state index contributed by atoms with van der Waals surface area (Å²) in [5.41, 5.74) is 1.50. The first-order chi connectivity index (χ1) is 10.6. The summed E-state index contributed by atoms with van der Waals surface area (Å²) in [6.07, 6.45) is 6.11. The second-order valence-electron chi connectivity index (χ2n) is 7.02. The Hall–Kier alpha value is -0.870. The molecule has 1 atom stereocenters. The molecule has 0 amide bonds. The number of anilines is 1. The van der Waals surface area contributed by atoms with E-state index in [9.17, 15) is 0 Å². The van der Waals surface area contributed by atoms with E-state index in [2.05, 4.69) is 28.7 Å². The zero-order valence-electron chi connectivity index (χ0n) is 13.2. The fraction of sp³-hybridized carbons (Fsp3) is 0.647. The van der Waals surface area contributed by atoms with Gasteiger partial charge in [-0.15, -0.1) is 11.3 Å². The molecule has 1 unspecified atom stereocenters. The number of aryl methyl sites for hydroxylation is 1. The smallest absolute Gasteiger partial charge is 0.225 e. The lowest BCUT2D eigenvalue weighted by atomic mass is 9.89. The number of hydrogen-bond donors (Lipinski definition) is 0. The Morgan fingerprint density at radius 3 is 2.64 bits per heavy atom. The maximum absolute atomic E-state index is 6.22. The fourth-order valence-corrected chi connectivity index (χ4v) is 5.34. The molecule has 1 aliphatic carbocycles. The van der Waals surface area contributed by atoms with Gasteiger partial charge in [0.15, 0.2) is 0 Å². The summed E-state index contributed by atoms with van der Waals surface area (Å²) in [6.45, 7) is 6.86. The quantitative estimate of drug-likeness (QED) is 0.707. The number of halogens is 1. The number of aromatic nitrogens is 2. The predicted molar refractivity (Wildman–Crippen MR) is 94.2 cm³/mol. The van der Waals surface area contributed by atoms with Crippen LogP contribution in [0.2, 0.25) is 5.28 Å². The van der Waals surface area contributed by atoms with Gasteiger partial charge in [-0.3, -0.25) is 0 Å². The molecule has 1 fully saturated rings. The highest BCUT2D eigenvalue weighted by molar-refractivity contribution is 7.19. The molecule has 3 heterocycles. The highest BCUT2D eigenvalue weighted by Gasteiger charge is 2.27. The van der Waals surface area contributed by atoms with Crippen LogP contribution in [0.15, 0.2) is 0 Å². The van der Waals surface area contributed by atoms with E-state index in [1.54, 1.807) is 0 Å². The van der Waals surface area contributed by atoms with Gasteiger partial charge in [0.05, 0.1) is 5.39 Å². The van der Waals surface area contributed by atoms with Crippen molar-refractivity contribution in [3.05, 3.63) is 15.7 Å². The molecule has 22 heavy (non-hydrogen) atoms. The van der Waals surface area contributed by atoms with Gasteiger partial charge in [-0.05, 0) is 61.1 Å². The van der Waals surface area contributed by atoms with E-state index in [0.29, 0.717) is 5.28 Å². The average Bonchev–Trinajstić information content (AvgIpc) is 2.84. The van der Waals surface area contributed by atoms with E-state index in [1.807, 2.05) is 11.3 Å². The van der Waals surface area contributed by atoms with Crippen molar-refractivity contribution < 1.29 is 0 Å². The van der Waals surface area contributed by atoms with Gasteiger partial charge in [0.25, 0.3) is 0 Å². The number of nitrogens with zero attached hydrogens (tertiary/aromatic N) is 3. The van der Waals surface area contributed by atoms with Crippen molar-refractivity contribution in [2.45, 2.75) is 46.0 Å². The average molecular weight is 336 g/mol. The Morgan fingerprint density at radius 1 is 1.09 bits per heavy atom.